The zero-order valence-corrected chi connectivity index (χ0v) is 16.7. The van der Waals surface area contributed by atoms with E-state index in [0.717, 1.165) is 22.5 Å². The summed E-state index contributed by atoms with van der Waals surface area (Å²) in [4.78, 5) is 19.9. The van der Waals surface area contributed by atoms with Crippen molar-refractivity contribution in [2.45, 2.75) is 6.92 Å². The summed E-state index contributed by atoms with van der Waals surface area (Å²) >= 11 is 0. The first-order valence-corrected chi connectivity index (χ1v) is 9.44. The van der Waals surface area contributed by atoms with E-state index in [4.69, 9.17) is 0 Å². The van der Waals surface area contributed by atoms with Gasteiger partial charge < -0.3 is 4.90 Å². The third-order valence-electron chi connectivity index (χ3n) is 4.75. The van der Waals surface area contributed by atoms with E-state index in [1.54, 1.807) is 0 Å². The molecule has 0 aromatic heterocycles. The van der Waals surface area contributed by atoms with Crippen molar-refractivity contribution < 1.29 is 4.79 Å². The molecule has 1 aliphatic rings. The molecule has 0 bridgehead atoms. The van der Waals surface area contributed by atoms with Crippen LogP contribution in [0, 0.1) is 6.92 Å². The van der Waals surface area contributed by atoms with Crippen molar-refractivity contribution in [1.82, 2.24) is 0 Å². The van der Waals surface area contributed by atoms with E-state index in [1.807, 2.05) is 105 Å². The molecule has 4 rings (SSSR count). The molecule has 0 N–H and O–H groups in total. The topological polar surface area (TPSA) is 48.3 Å². The number of aliphatic imine (C=N–C) groups is 1. The molecule has 0 spiro atoms. The molecule has 144 valence electrons. The number of hydrogen-bond acceptors (Lipinski definition) is 4. The summed E-state index contributed by atoms with van der Waals surface area (Å²) in [6, 6.07) is 25.2. The summed E-state index contributed by atoms with van der Waals surface area (Å²) < 4.78 is 0. The monoisotopic (exact) mass is 382 g/mol. The Balaban J connectivity index is 1.77. The molecular weight excluding hydrogens is 360 g/mol. The molecule has 1 aliphatic heterocycles. The SMILES string of the molecule is Cc1ccc(N2N=C(c3ccccc3)C(=Nc3ccc(N(C)C)cc3)C2=O)cc1. The fraction of sp³-hybridized carbons (Fsp3) is 0.125. The van der Waals surface area contributed by atoms with Gasteiger partial charge in [-0.15, -0.1) is 0 Å². The number of anilines is 2. The van der Waals surface area contributed by atoms with Gasteiger partial charge in [0.15, 0.2) is 5.71 Å². The van der Waals surface area contributed by atoms with Crippen molar-refractivity contribution in [2.24, 2.45) is 10.1 Å². The highest BCUT2D eigenvalue weighted by Crippen LogP contribution is 2.25. The number of rotatable bonds is 4. The zero-order chi connectivity index (χ0) is 20.4. The van der Waals surface area contributed by atoms with Crippen molar-refractivity contribution in [2.75, 3.05) is 24.0 Å². The highest BCUT2D eigenvalue weighted by atomic mass is 16.2. The minimum absolute atomic E-state index is 0.232. The number of nitrogens with zero attached hydrogens (tertiary/aromatic N) is 4. The Morgan fingerprint density at radius 1 is 0.862 bits per heavy atom. The molecule has 3 aromatic rings. The largest absolute Gasteiger partial charge is 0.378 e. The molecule has 5 heteroatoms. The summed E-state index contributed by atoms with van der Waals surface area (Å²) in [6.45, 7) is 2.01. The summed E-state index contributed by atoms with van der Waals surface area (Å²) in [5, 5.41) is 6.05. The normalized spacial score (nSPS) is 15.0. The summed E-state index contributed by atoms with van der Waals surface area (Å²) in [5.41, 5.74) is 5.42. The van der Waals surface area contributed by atoms with E-state index < -0.39 is 0 Å². The van der Waals surface area contributed by atoms with E-state index in [2.05, 4.69) is 10.1 Å². The van der Waals surface area contributed by atoms with Crippen LogP contribution < -0.4 is 9.91 Å². The van der Waals surface area contributed by atoms with Crippen LogP contribution in [0.5, 0.6) is 0 Å². The Morgan fingerprint density at radius 2 is 1.52 bits per heavy atom. The van der Waals surface area contributed by atoms with Crippen molar-refractivity contribution >= 4 is 34.4 Å². The lowest BCUT2D eigenvalue weighted by molar-refractivity contribution is -0.112. The number of carbonyl (C=O) groups excluding carboxylic acids is 1. The van der Waals surface area contributed by atoms with Crippen LogP contribution in [-0.4, -0.2) is 31.4 Å². The Kier molecular flexibility index (Phi) is 4.96. The van der Waals surface area contributed by atoms with Gasteiger partial charge in [-0.1, -0.05) is 48.0 Å². The van der Waals surface area contributed by atoms with Gasteiger partial charge in [-0.05, 0) is 43.3 Å². The van der Waals surface area contributed by atoms with Gasteiger partial charge in [0.2, 0.25) is 0 Å². The lowest BCUT2D eigenvalue weighted by atomic mass is 10.1. The average molecular weight is 382 g/mol. The van der Waals surface area contributed by atoms with E-state index >= 15 is 0 Å². The van der Waals surface area contributed by atoms with Crippen molar-refractivity contribution in [1.29, 1.82) is 0 Å². The maximum atomic E-state index is 13.2. The quantitative estimate of drug-likeness (QED) is 0.663. The van der Waals surface area contributed by atoms with Crippen molar-refractivity contribution in [3.8, 4) is 0 Å². The van der Waals surface area contributed by atoms with Gasteiger partial charge in [-0.2, -0.15) is 10.1 Å². The Morgan fingerprint density at radius 3 is 2.14 bits per heavy atom. The van der Waals surface area contributed by atoms with Crippen molar-refractivity contribution in [3.05, 3.63) is 90.0 Å². The van der Waals surface area contributed by atoms with Gasteiger partial charge in [0.25, 0.3) is 5.91 Å². The standard InChI is InChI=1S/C24H22N4O/c1-17-9-13-21(14-10-17)28-24(29)23(22(26-28)18-7-5-4-6-8-18)25-19-11-15-20(16-12-19)27(2)3/h4-16H,1-3H3. The molecule has 0 unspecified atom stereocenters. The lowest BCUT2D eigenvalue weighted by Crippen LogP contribution is -2.27. The van der Waals surface area contributed by atoms with Crippen LogP contribution in [-0.2, 0) is 4.79 Å². The Hall–Kier alpha value is -3.73. The predicted molar refractivity (Wildman–Crippen MR) is 120 cm³/mol. The maximum Gasteiger partial charge on any atom is 0.299 e. The van der Waals surface area contributed by atoms with E-state index in [0.29, 0.717) is 17.1 Å². The number of aryl methyl sites for hydroxylation is 1. The van der Waals surface area contributed by atoms with Gasteiger partial charge in [0.05, 0.1) is 11.4 Å². The van der Waals surface area contributed by atoms with Gasteiger partial charge in [-0.25, -0.2) is 4.99 Å². The molecule has 0 saturated heterocycles. The molecule has 0 aliphatic carbocycles. The molecule has 0 atom stereocenters. The molecule has 1 amide bonds. The van der Waals surface area contributed by atoms with Crippen LogP contribution in [0.4, 0.5) is 17.1 Å². The third-order valence-corrected chi connectivity index (χ3v) is 4.75. The molecule has 0 fully saturated rings. The fourth-order valence-corrected chi connectivity index (χ4v) is 3.10. The average Bonchev–Trinajstić information content (AvgIpc) is 3.06. The van der Waals surface area contributed by atoms with Gasteiger partial charge in [-0.3, -0.25) is 4.79 Å². The van der Waals surface area contributed by atoms with Crippen molar-refractivity contribution in [3.63, 3.8) is 0 Å². The Labute approximate surface area is 170 Å². The molecule has 29 heavy (non-hydrogen) atoms. The summed E-state index contributed by atoms with van der Waals surface area (Å²) in [5.74, 6) is -0.232. The lowest BCUT2D eigenvalue weighted by Gasteiger charge is -2.12. The fourth-order valence-electron chi connectivity index (χ4n) is 3.10. The number of hydrogen-bond donors (Lipinski definition) is 0. The van der Waals surface area contributed by atoms with Crippen LogP contribution >= 0.6 is 0 Å². The van der Waals surface area contributed by atoms with E-state index in [-0.39, 0.29) is 5.91 Å². The predicted octanol–water partition coefficient (Wildman–Crippen LogP) is 4.58. The second kappa shape index (κ2) is 7.72. The second-order valence-electron chi connectivity index (χ2n) is 7.14. The highest BCUT2D eigenvalue weighted by molar-refractivity contribution is 6.74. The molecule has 1 heterocycles. The van der Waals surface area contributed by atoms with Crippen LogP contribution in [0.15, 0.2) is 89.0 Å². The van der Waals surface area contributed by atoms with Crippen LogP contribution in [0.1, 0.15) is 11.1 Å². The molecular formula is C24H22N4O. The molecule has 3 aromatic carbocycles. The number of hydrazone groups is 1. The van der Waals surface area contributed by atoms with Gasteiger partial charge >= 0.3 is 0 Å². The van der Waals surface area contributed by atoms with Gasteiger partial charge in [0.1, 0.15) is 5.71 Å². The third kappa shape index (κ3) is 3.80. The zero-order valence-electron chi connectivity index (χ0n) is 16.7. The first-order valence-electron chi connectivity index (χ1n) is 9.44. The highest BCUT2D eigenvalue weighted by Gasteiger charge is 2.33. The first kappa shape index (κ1) is 18.6. The van der Waals surface area contributed by atoms with Gasteiger partial charge in [0, 0.05) is 25.3 Å². The summed E-state index contributed by atoms with van der Waals surface area (Å²) in [7, 11) is 3.97. The smallest absolute Gasteiger partial charge is 0.299 e. The van der Waals surface area contributed by atoms with Crippen LogP contribution in [0.25, 0.3) is 0 Å². The maximum absolute atomic E-state index is 13.2. The molecule has 0 radical (unpaired) electrons. The minimum atomic E-state index is -0.232. The Bertz CT molecular complexity index is 1080. The molecule has 5 nitrogen and oxygen atoms in total. The van der Waals surface area contributed by atoms with Crippen LogP contribution in [0.2, 0.25) is 0 Å². The van der Waals surface area contributed by atoms with E-state index in [1.165, 1.54) is 5.01 Å². The minimum Gasteiger partial charge on any atom is -0.378 e. The summed E-state index contributed by atoms with van der Waals surface area (Å²) in [6.07, 6.45) is 0. The molecule has 0 saturated carbocycles. The number of carbonyl (C=O) groups is 1. The van der Waals surface area contributed by atoms with Crippen LogP contribution in [0.3, 0.4) is 0 Å². The second-order valence-corrected chi connectivity index (χ2v) is 7.14. The first-order chi connectivity index (χ1) is 14.0. The van der Waals surface area contributed by atoms with E-state index in [9.17, 15) is 4.79 Å². The number of benzene rings is 3. The number of amides is 1.